The van der Waals surface area contributed by atoms with Gasteiger partial charge in [0.2, 0.25) is 0 Å². The molecule has 1 heterocycles. The Morgan fingerprint density at radius 2 is 2.29 bits per heavy atom. The predicted octanol–water partition coefficient (Wildman–Crippen LogP) is 2.82. The number of rotatable bonds is 4. The molecule has 0 bridgehead atoms. The molecule has 0 amide bonds. The van der Waals surface area contributed by atoms with Gasteiger partial charge in [-0.3, -0.25) is 0 Å². The standard InChI is InChI=1S/C13H18BrFN2/c14-13-5-4-11(15)7-10(13)8-16-9-12-3-1-2-6-17-12/h4-5,7,12,16-17H,1-3,6,8-9H2. The highest BCUT2D eigenvalue weighted by molar-refractivity contribution is 9.10. The van der Waals surface area contributed by atoms with Gasteiger partial charge in [0.05, 0.1) is 0 Å². The summed E-state index contributed by atoms with van der Waals surface area (Å²) < 4.78 is 14.0. The van der Waals surface area contributed by atoms with Gasteiger partial charge in [-0.2, -0.15) is 0 Å². The topological polar surface area (TPSA) is 24.1 Å². The van der Waals surface area contributed by atoms with Crippen molar-refractivity contribution in [2.24, 2.45) is 0 Å². The number of nitrogens with one attached hydrogen (secondary N) is 2. The zero-order valence-corrected chi connectivity index (χ0v) is 11.4. The molecule has 1 aromatic rings. The van der Waals surface area contributed by atoms with Crippen LogP contribution in [0.15, 0.2) is 22.7 Å². The quantitative estimate of drug-likeness (QED) is 0.893. The Balaban J connectivity index is 1.79. The SMILES string of the molecule is Fc1ccc(Br)c(CNCC2CCCCN2)c1. The fourth-order valence-corrected chi connectivity index (χ4v) is 2.54. The second-order valence-corrected chi connectivity index (χ2v) is 5.37. The number of hydrogen-bond donors (Lipinski definition) is 2. The Morgan fingerprint density at radius 3 is 3.06 bits per heavy atom. The maximum atomic E-state index is 13.1. The van der Waals surface area contributed by atoms with Crippen molar-refractivity contribution in [2.45, 2.75) is 31.8 Å². The van der Waals surface area contributed by atoms with Crippen LogP contribution < -0.4 is 10.6 Å². The zero-order chi connectivity index (χ0) is 12.1. The minimum atomic E-state index is -0.180. The molecule has 0 aliphatic carbocycles. The van der Waals surface area contributed by atoms with E-state index >= 15 is 0 Å². The van der Waals surface area contributed by atoms with E-state index in [1.807, 2.05) is 0 Å². The van der Waals surface area contributed by atoms with Gasteiger partial charge >= 0.3 is 0 Å². The van der Waals surface area contributed by atoms with Gasteiger partial charge in [0.15, 0.2) is 0 Å². The van der Waals surface area contributed by atoms with Crippen molar-refractivity contribution in [3.63, 3.8) is 0 Å². The Kier molecular flexibility index (Phi) is 4.95. The van der Waals surface area contributed by atoms with Crippen LogP contribution in [-0.4, -0.2) is 19.1 Å². The van der Waals surface area contributed by atoms with Crippen LogP contribution >= 0.6 is 15.9 Å². The molecule has 1 fully saturated rings. The number of halogens is 2. The van der Waals surface area contributed by atoms with Crippen LogP contribution in [0.25, 0.3) is 0 Å². The summed E-state index contributed by atoms with van der Waals surface area (Å²) in [4.78, 5) is 0. The van der Waals surface area contributed by atoms with E-state index in [1.54, 1.807) is 12.1 Å². The highest BCUT2D eigenvalue weighted by atomic mass is 79.9. The molecule has 1 atom stereocenters. The molecule has 1 saturated heterocycles. The summed E-state index contributed by atoms with van der Waals surface area (Å²) in [6, 6.07) is 5.36. The molecule has 1 aliphatic rings. The maximum absolute atomic E-state index is 13.1. The van der Waals surface area contributed by atoms with Crippen LogP contribution in [-0.2, 0) is 6.54 Å². The van der Waals surface area contributed by atoms with Crippen molar-refractivity contribution < 1.29 is 4.39 Å². The van der Waals surface area contributed by atoms with Crippen LogP contribution in [0.4, 0.5) is 4.39 Å². The van der Waals surface area contributed by atoms with E-state index in [-0.39, 0.29) is 5.82 Å². The molecule has 0 aromatic heterocycles. The monoisotopic (exact) mass is 300 g/mol. The van der Waals surface area contributed by atoms with Crippen LogP contribution in [0, 0.1) is 5.82 Å². The van der Waals surface area contributed by atoms with Crippen molar-refractivity contribution >= 4 is 15.9 Å². The molecule has 0 radical (unpaired) electrons. The molecule has 2 rings (SSSR count). The summed E-state index contributed by atoms with van der Waals surface area (Å²) in [7, 11) is 0. The first kappa shape index (κ1) is 13.0. The number of benzene rings is 1. The van der Waals surface area contributed by atoms with E-state index in [9.17, 15) is 4.39 Å². The summed E-state index contributed by atoms with van der Waals surface area (Å²) in [5.74, 6) is -0.180. The molecule has 0 spiro atoms. The van der Waals surface area contributed by atoms with E-state index in [4.69, 9.17) is 0 Å². The molecular formula is C13H18BrFN2. The van der Waals surface area contributed by atoms with Crippen molar-refractivity contribution in [3.05, 3.63) is 34.1 Å². The van der Waals surface area contributed by atoms with Gasteiger partial charge in [0.1, 0.15) is 5.82 Å². The molecule has 1 unspecified atom stereocenters. The van der Waals surface area contributed by atoms with Crippen molar-refractivity contribution in [3.8, 4) is 0 Å². The first-order valence-electron chi connectivity index (χ1n) is 6.14. The molecule has 1 aromatic carbocycles. The molecule has 17 heavy (non-hydrogen) atoms. The lowest BCUT2D eigenvalue weighted by Gasteiger charge is -2.23. The Bertz CT molecular complexity index is 364. The minimum absolute atomic E-state index is 0.180. The lowest BCUT2D eigenvalue weighted by atomic mass is 10.1. The van der Waals surface area contributed by atoms with Gasteiger partial charge in [-0.25, -0.2) is 4.39 Å². The Hall–Kier alpha value is -0.450. The van der Waals surface area contributed by atoms with Gasteiger partial charge in [0, 0.05) is 23.6 Å². The van der Waals surface area contributed by atoms with E-state index < -0.39 is 0 Å². The molecule has 2 nitrogen and oxygen atoms in total. The highest BCUT2D eigenvalue weighted by Gasteiger charge is 2.11. The fourth-order valence-electron chi connectivity index (χ4n) is 2.16. The van der Waals surface area contributed by atoms with Crippen LogP contribution in [0.2, 0.25) is 0 Å². The second-order valence-electron chi connectivity index (χ2n) is 4.51. The van der Waals surface area contributed by atoms with Crippen LogP contribution in [0.3, 0.4) is 0 Å². The fraction of sp³-hybridized carbons (Fsp3) is 0.538. The lowest BCUT2D eigenvalue weighted by Crippen LogP contribution is -2.41. The van der Waals surface area contributed by atoms with Gasteiger partial charge in [-0.05, 0) is 43.1 Å². The number of piperidine rings is 1. The molecule has 1 aliphatic heterocycles. The van der Waals surface area contributed by atoms with E-state index in [1.165, 1.54) is 25.3 Å². The summed E-state index contributed by atoms with van der Waals surface area (Å²) in [6.07, 6.45) is 3.83. The lowest BCUT2D eigenvalue weighted by molar-refractivity contribution is 0.383. The smallest absolute Gasteiger partial charge is 0.123 e. The van der Waals surface area contributed by atoms with Gasteiger partial charge < -0.3 is 10.6 Å². The molecule has 94 valence electrons. The van der Waals surface area contributed by atoms with Gasteiger partial charge in [0.25, 0.3) is 0 Å². The summed E-state index contributed by atoms with van der Waals surface area (Å²) in [5.41, 5.74) is 0.973. The molecular weight excluding hydrogens is 283 g/mol. The average Bonchev–Trinajstić information content (AvgIpc) is 2.35. The first-order valence-corrected chi connectivity index (χ1v) is 6.93. The average molecular weight is 301 g/mol. The summed E-state index contributed by atoms with van der Waals surface area (Å²) in [5, 5.41) is 6.86. The zero-order valence-electron chi connectivity index (χ0n) is 9.81. The Morgan fingerprint density at radius 1 is 1.41 bits per heavy atom. The highest BCUT2D eigenvalue weighted by Crippen LogP contribution is 2.17. The van der Waals surface area contributed by atoms with Crippen molar-refractivity contribution in [1.82, 2.24) is 10.6 Å². The third kappa shape index (κ3) is 4.05. The molecule has 0 saturated carbocycles. The third-order valence-corrected chi connectivity index (χ3v) is 3.90. The number of hydrogen-bond acceptors (Lipinski definition) is 2. The van der Waals surface area contributed by atoms with E-state index in [0.717, 1.165) is 23.1 Å². The summed E-state index contributed by atoms with van der Waals surface area (Å²) in [6.45, 7) is 2.77. The second kappa shape index (κ2) is 6.47. The molecule has 2 N–H and O–H groups in total. The minimum Gasteiger partial charge on any atom is -0.313 e. The van der Waals surface area contributed by atoms with Gasteiger partial charge in [-0.15, -0.1) is 0 Å². The van der Waals surface area contributed by atoms with E-state index in [0.29, 0.717) is 12.6 Å². The van der Waals surface area contributed by atoms with Crippen LogP contribution in [0.5, 0.6) is 0 Å². The van der Waals surface area contributed by atoms with E-state index in [2.05, 4.69) is 26.6 Å². The van der Waals surface area contributed by atoms with Crippen molar-refractivity contribution in [2.75, 3.05) is 13.1 Å². The van der Waals surface area contributed by atoms with Gasteiger partial charge in [-0.1, -0.05) is 22.4 Å². The van der Waals surface area contributed by atoms with Crippen LogP contribution in [0.1, 0.15) is 24.8 Å². The predicted molar refractivity (Wildman–Crippen MR) is 71.4 cm³/mol. The van der Waals surface area contributed by atoms with Crippen molar-refractivity contribution in [1.29, 1.82) is 0 Å². The third-order valence-electron chi connectivity index (χ3n) is 3.13. The Labute approximate surface area is 110 Å². The summed E-state index contributed by atoms with van der Waals surface area (Å²) >= 11 is 3.43. The maximum Gasteiger partial charge on any atom is 0.123 e. The normalized spacial score (nSPS) is 20.5. The molecule has 4 heteroatoms. The first-order chi connectivity index (χ1) is 8.25. The largest absolute Gasteiger partial charge is 0.313 e.